The van der Waals surface area contributed by atoms with E-state index in [0.717, 1.165) is 17.3 Å². The van der Waals surface area contributed by atoms with Gasteiger partial charge in [-0.1, -0.05) is 32.4 Å². The molecule has 1 atom stereocenters. The van der Waals surface area contributed by atoms with E-state index >= 15 is 0 Å². The highest BCUT2D eigenvalue weighted by Gasteiger charge is 2.52. The van der Waals surface area contributed by atoms with Crippen LogP contribution in [0.4, 0.5) is 0 Å². The first-order valence-corrected chi connectivity index (χ1v) is 4.91. The van der Waals surface area contributed by atoms with Crippen LogP contribution in [0.5, 0.6) is 0 Å². The predicted octanol–water partition coefficient (Wildman–Crippen LogP) is 3.39. The highest BCUT2D eigenvalue weighted by atomic mass is 14.6. The zero-order valence-electron chi connectivity index (χ0n) is 7.85. The molecule has 0 bridgehead atoms. The van der Waals surface area contributed by atoms with Crippen LogP contribution in [-0.2, 0) is 0 Å². The van der Waals surface area contributed by atoms with E-state index in [1.807, 2.05) is 0 Å². The second kappa shape index (κ2) is 2.12. The molecule has 1 unspecified atom stereocenters. The van der Waals surface area contributed by atoms with Gasteiger partial charge in [-0.25, -0.2) is 0 Å². The highest BCUT2D eigenvalue weighted by Crippen LogP contribution is 2.63. The summed E-state index contributed by atoms with van der Waals surface area (Å²) in [5.41, 5.74) is 2.50. The molecule has 0 amide bonds. The third-order valence-electron chi connectivity index (χ3n) is 3.53. The van der Waals surface area contributed by atoms with Crippen molar-refractivity contribution in [2.75, 3.05) is 0 Å². The van der Waals surface area contributed by atoms with Crippen LogP contribution in [0.15, 0.2) is 11.6 Å². The van der Waals surface area contributed by atoms with Gasteiger partial charge in [-0.3, -0.25) is 0 Å². The van der Waals surface area contributed by atoms with E-state index in [0.29, 0.717) is 0 Å². The van der Waals surface area contributed by atoms with Crippen LogP contribution in [0.1, 0.15) is 40.0 Å². The van der Waals surface area contributed by atoms with Gasteiger partial charge in [-0.2, -0.15) is 0 Å². The summed E-state index contributed by atoms with van der Waals surface area (Å²) in [6, 6.07) is 0. The van der Waals surface area contributed by atoms with Gasteiger partial charge in [0.15, 0.2) is 0 Å². The maximum absolute atomic E-state index is 2.50. The average molecular weight is 150 g/mol. The Morgan fingerprint density at radius 3 is 2.45 bits per heavy atom. The largest absolute Gasteiger partial charge is 0.0767 e. The molecule has 0 heteroatoms. The summed E-state index contributed by atoms with van der Waals surface area (Å²) in [7, 11) is 0. The molecule has 0 spiro atoms. The lowest BCUT2D eigenvalue weighted by molar-refractivity contribution is 0.430. The predicted molar refractivity (Wildman–Crippen MR) is 48.4 cm³/mol. The molecular weight excluding hydrogens is 132 g/mol. The van der Waals surface area contributed by atoms with Crippen molar-refractivity contribution in [1.82, 2.24) is 0 Å². The van der Waals surface area contributed by atoms with Crippen LogP contribution in [0.3, 0.4) is 0 Å². The molecule has 2 aliphatic rings. The fourth-order valence-corrected chi connectivity index (χ4v) is 2.27. The van der Waals surface area contributed by atoms with Gasteiger partial charge in [0, 0.05) is 5.92 Å². The number of rotatable bonds is 3. The maximum Gasteiger partial charge on any atom is 0.00389 e. The lowest BCUT2D eigenvalue weighted by Crippen LogP contribution is -2.05. The van der Waals surface area contributed by atoms with Crippen LogP contribution in [0.2, 0.25) is 0 Å². The Hall–Kier alpha value is -0.260. The third-order valence-corrected chi connectivity index (χ3v) is 3.53. The first-order chi connectivity index (χ1) is 5.19. The standard InChI is InChI=1S/C11H18/c1-4-11(5-6-11)10-7-9(10)8(2)3/h7-8,10H,4-6H2,1-3H3. The molecule has 0 N–H and O–H groups in total. The van der Waals surface area contributed by atoms with Crippen LogP contribution in [0, 0.1) is 17.3 Å². The summed E-state index contributed by atoms with van der Waals surface area (Å²) < 4.78 is 0. The normalized spacial score (nSPS) is 32.0. The van der Waals surface area contributed by atoms with Gasteiger partial charge in [-0.05, 0) is 30.6 Å². The van der Waals surface area contributed by atoms with Crippen LogP contribution in [0.25, 0.3) is 0 Å². The molecule has 0 aromatic carbocycles. The Morgan fingerprint density at radius 2 is 2.18 bits per heavy atom. The van der Waals surface area contributed by atoms with Crippen LogP contribution >= 0.6 is 0 Å². The molecule has 0 aliphatic heterocycles. The average Bonchev–Trinajstić information content (AvgIpc) is 2.83. The molecule has 0 nitrogen and oxygen atoms in total. The Morgan fingerprint density at radius 1 is 1.55 bits per heavy atom. The van der Waals surface area contributed by atoms with Crippen molar-refractivity contribution >= 4 is 0 Å². The minimum Gasteiger partial charge on any atom is -0.0767 e. The van der Waals surface area contributed by atoms with Crippen LogP contribution < -0.4 is 0 Å². The van der Waals surface area contributed by atoms with Crippen molar-refractivity contribution in [3.63, 3.8) is 0 Å². The second-order valence-electron chi connectivity index (χ2n) is 4.51. The monoisotopic (exact) mass is 150 g/mol. The minimum absolute atomic E-state index is 0.763. The fraction of sp³-hybridized carbons (Fsp3) is 0.818. The Labute approximate surface area is 69.7 Å². The zero-order chi connectivity index (χ0) is 8.06. The number of allylic oxidation sites excluding steroid dienone is 2. The second-order valence-corrected chi connectivity index (χ2v) is 4.51. The summed E-state index contributed by atoms with van der Waals surface area (Å²) in [6.45, 7) is 6.98. The quantitative estimate of drug-likeness (QED) is 0.541. The summed E-state index contributed by atoms with van der Waals surface area (Å²) in [6.07, 6.45) is 6.87. The molecule has 0 saturated heterocycles. The van der Waals surface area contributed by atoms with Gasteiger partial charge >= 0.3 is 0 Å². The van der Waals surface area contributed by atoms with Crippen LogP contribution in [-0.4, -0.2) is 0 Å². The molecular formula is C11H18. The molecule has 2 aliphatic carbocycles. The van der Waals surface area contributed by atoms with Gasteiger partial charge in [0.1, 0.15) is 0 Å². The van der Waals surface area contributed by atoms with E-state index in [9.17, 15) is 0 Å². The van der Waals surface area contributed by atoms with Crippen molar-refractivity contribution in [2.24, 2.45) is 17.3 Å². The third kappa shape index (κ3) is 1.04. The van der Waals surface area contributed by atoms with Gasteiger partial charge < -0.3 is 0 Å². The maximum atomic E-state index is 2.50. The van der Waals surface area contributed by atoms with Crippen molar-refractivity contribution in [1.29, 1.82) is 0 Å². The topological polar surface area (TPSA) is 0 Å². The van der Waals surface area contributed by atoms with Crippen molar-refractivity contribution in [2.45, 2.75) is 40.0 Å². The molecule has 62 valence electrons. The molecule has 0 radical (unpaired) electrons. The Kier molecular flexibility index (Phi) is 1.42. The van der Waals surface area contributed by atoms with E-state index in [1.54, 1.807) is 5.57 Å². The van der Waals surface area contributed by atoms with E-state index in [2.05, 4.69) is 26.8 Å². The SMILES string of the molecule is CCC1(C2C=C2C(C)C)CC1. The first kappa shape index (κ1) is 7.39. The summed E-state index contributed by atoms with van der Waals surface area (Å²) in [5.74, 6) is 1.73. The summed E-state index contributed by atoms with van der Waals surface area (Å²) in [5, 5.41) is 0. The number of hydrogen-bond acceptors (Lipinski definition) is 0. The highest BCUT2D eigenvalue weighted by molar-refractivity contribution is 5.36. The fourth-order valence-electron chi connectivity index (χ4n) is 2.27. The first-order valence-electron chi connectivity index (χ1n) is 4.91. The van der Waals surface area contributed by atoms with Gasteiger partial charge in [0.25, 0.3) is 0 Å². The van der Waals surface area contributed by atoms with Crippen molar-refractivity contribution < 1.29 is 0 Å². The van der Waals surface area contributed by atoms with Gasteiger partial charge in [0.2, 0.25) is 0 Å². The van der Waals surface area contributed by atoms with E-state index < -0.39 is 0 Å². The molecule has 1 saturated carbocycles. The molecule has 0 aromatic rings. The Bertz CT molecular complexity index is 194. The summed E-state index contributed by atoms with van der Waals surface area (Å²) in [4.78, 5) is 0. The molecule has 11 heavy (non-hydrogen) atoms. The van der Waals surface area contributed by atoms with Crippen molar-refractivity contribution in [3.05, 3.63) is 11.6 Å². The van der Waals surface area contributed by atoms with Gasteiger partial charge in [0.05, 0.1) is 0 Å². The molecule has 2 rings (SSSR count). The molecule has 0 heterocycles. The molecule has 0 aromatic heterocycles. The van der Waals surface area contributed by atoms with E-state index in [4.69, 9.17) is 0 Å². The summed E-state index contributed by atoms with van der Waals surface area (Å²) >= 11 is 0. The smallest absolute Gasteiger partial charge is 0.00389 e. The lowest BCUT2D eigenvalue weighted by atomic mass is 9.91. The van der Waals surface area contributed by atoms with Crippen molar-refractivity contribution in [3.8, 4) is 0 Å². The number of hydrogen-bond donors (Lipinski definition) is 0. The zero-order valence-corrected chi connectivity index (χ0v) is 7.85. The Balaban J connectivity index is 1.93. The lowest BCUT2D eigenvalue weighted by Gasteiger charge is -2.13. The van der Waals surface area contributed by atoms with Gasteiger partial charge in [-0.15, -0.1) is 0 Å². The minimum atomic E-state index is 0.763. The van der Waals surface area contributed by atoms with E-state index in [-0.39, 0.29) is 0 Å². The molecule has 1 fully saturated rings. The van der Waals surface area contributed by atoms with E-state index in [1.165, 1.54) is 19.3 Å².